The summed E-state index contributed by atoms with van der Waals surface area (Å²) in [7, 11) is 1.70. The maximum Gasteiger partial charge on any atom is 0.263 e. The summed E-state index contributed by atoms with van der Waals surface area (Å²) in [6.45, 7) is 8.94. The minimum absolute atomic E-state index is 0.0240. The van der Waals surface area contributed by atoms with Gasteiger partial charge in [0.05, 0.1) is 23.9 Å². The first-order chi connectivity index (χ1) is 13.5. The number of carbonyl (C=O) groups excluding carboxylic acids is 1. The van der Waals surface area contributed by atoms with Gasteiger partial charge >= 0.3 is 0 Å². The summed E-state index contributed by atoms with van der Waals surface area (Å²) in [5.41, 5.74) is 1.96. The molecule has 6 heteroatoms. The van der Waals surface area contributed by atoms with E-state index in [0.717, 1.165) is 46.4 Å². The van der Waals surface area contributed by atoms with Crippen LogP contribution in [-0.4, -0.2) is 42.5 Å². The standard InChI is InChI=1S/C22H31N3O2S/c1-15(2)13-20-24-16(3)21(28-20)22(26)23-14-18(25-11-7-8-12-25)17-9-5-6-10-19(17)27-4/h5-6,9-10,15,18H,7-8,11-14H2,1-4H3,(H,23,26). The molecular formula is C22H31N3O2S. The number of nitrogens with one attached hydrogen (secondary N) is 1. The van der Waals surface area contributed by atoms with E-state index in [1.165, 1.54) is 24.2 Å². The maximum absolute atomic E-state index is 12.9. The molecule has 1 amide bonds. The van der Waals surface area contributed by atoms with Crippen LogP contribution in [0.2, 0.25) is 0 Å². The molecule has 5 nitrogen and oxygen atoms in total. The molecule has 152 valence electrons. The molecule has 28 heavy (non-hydrogen) atoms. The molecule has 0 saturated carbocycles. The number of hydrogen-bond acceptors (Lipinski definition) is 5. The Kier molecular flexibility index (Phi) is 7.08. The van der Waals surface area contributed by atoms with E-state index in [9.17, 15) is 4.79 Å². The van der Waals surface area contributed by atoms with Crippen LogP contribution < -0.4 is 10.1 Å². The lowest BCUT2D eigenvalue weighted by atomic mass is 10.0. The zero-order chi connectivity index (χ0) is 20.1. The Balaban J connectivity index is 1.75. The van der Waals surface area contributed by atoms with Crippen molar-refractivity contribution in [3.8, 4) is 5.75 Å². The van der Waals surface area contributed by atoms with E-state index in [-0.39, 0.29) is 11.9 Å². The molecule has 2 heterocycles. The normalized spacial score (nSPS) is 15.8. The number of rotatable bonds is 8. The van der Waals surface area contributed by atoms with Crippen molar-refractivity contribution in [3.63, 3.8) is 0 Å². The molecule has 1 saturated heterocycles. The predicted octanol–water partition coefficient (Wildman–Crippen LogP) is 4.23. The molecule has 1 unspecified atom stereocenters. The number of para-hydroxylation sites is 1. The summed E-state index contributed by atoms with van der Waals surface area (Å²) in [4.78, 5) is 20.6. The van der Waals surface area contributed by atoms with Crippen molar-refractivity contribution in [1.29, 1.82) is 0 Å². The first-order valence-electron chi connectivity index (χ1n) is 10.1. The molecule has 3 rings (SSSR count). The average molecular weight is 402 g/mol. The zero-order valence-corrected chi connectivity index (χ0v) is 18.1. The number of likely N-dealkylation sites (tertiary alicyclic amines) is 1. The van der Waals surface area contributed by atoms with Gasteiger partial charge in [-0.3, -0.25) is 9.69 Å². The third-order valence-corrected chi connectivity index (χ3v) is 6.34. The van der Waals surface area contributed by atoms with Gasteiger partial charge in [-0.1, -0.05) is 32.0 Å². The fourth-order valence-corrected chi connectivity index (χ4v) is 4.99. The van der Waals surface area contributed by atoms with Crippen LogP contribution in [0.15, 0.2) is 24.3 Å². The van der Waals surface area contributed by atoms with E-state index in [2.05, 4.69) is 35.1 Å². The number of aromatic nitrogens is 1. The van der Waals surface area contributed by atoms with E-state index in [1.54, 1.807) is 7.11 Å². The van der Waals surface area contributed by atoms with Crippen LogP contribution in [0.5, 0.6) is 5.75 Å². The highest BCUT2D eigenvalue weighted by atomic mass is 32.1. The second kappa shape index (κ2) is 9.52. The molecule has 0 radical (unpaired) electrons. The zero-order valence-electron chi connectivity index (χ0n) is 17.3. The summed E-state index contributed by atoms with van der Waals surface area (Å²) in [6, 6.07) is 8.23. The minimum Gasteiger partial charge on any atom is -0.496 e. The van der Waals surface area contributed by atoms with Gasteiger partial charge in [0.2, 0.25) is 0 Å². The third kappa shape index (κ3) is 4.92. The Morgan fingerprint density at radius 2 is 2.00 bits per heavy atom. The number of ether oxygens (including phenoxy) is 1. The number of amides is 1. The van der Waals surface area contributed by atoms with E-state index < -0.39 is 0 Å². The van der Waals surface area contributed by atoms with Crippen LogP contribution in [0.3, 0.4) is 0 Å². The second-order valence-corrected chi connectivity index (χ2v) is 8.91. The smallest absolute Gasteiger partial charge is 0.263 e. The monoisotopic (exact) mass is 401 g/mol. The second-order valence-electron chi connectivity index (χ2n) is 7.83. The van der Waals surface area contributed by atoms with Gasteiger partial charge in [0.15, 0.2) is 0 Å². The Morgan fingerprint density at radius 3 is 2.68 bits per heavy atom. The minimum atomic E-state index is -0.0240. The number of benzene rings is 1. The van der Waals surface area contributed by atoms with E-state index in [4.69, 9.17) is 4.74 Å². The van der Waals surface area contributed by atoms with Crippen LogP contribution in [0.1, 0.15) is 58.7 Å². The number of methoxy groups -OCH3 is 1. The van der Waals surface area contributed by atoms with Crippen LogP contribution in [0, 0.1) is 12.8 Å². The molecule has 1 aromatic carbocycles. The molecule has 1 fully saturated rings. The highest BCUT2D eigenvalue weighted by molar-refractivity contribution is 7.13. The highest BCUT2D eigenvalue weighted by Crippen LogP contribution is 2.31. The summed E-state index contributed by atoms with van der Waals surface area (Å²) in [5.74, 6) is 1.39. The summed E-state index contributed by atoms with van der Waals surface area (Å²) in [6.07, 6.45) is 3.31. The average Bonchev–Trinajstić information content (AvgIpc) is 3.31. The lowest BCUT2D eigenvalue weighted by Gasteiger charge is -2.29. The van der Waals surface area contributed by atoms with Crippen molar-refractivity contribution in [2.24, 2.45) is 5.92 Å². The molecule has 2 aromatic rings. The topological polar surface area (TPSA) is 54.5 Å². The number of thiazole rings is 1. The lowest BCUT2D eigenvalue weighted by molar-refractivity contribution is 0.0940. The van der Waals surface area contributed by atoms with Crippen molar-refractivity contribution >= 4 is 17.2 Å². The highest BCUT2D eigenvalue weighted by Gasteiger charge is 2.27. The quantitative estimate of drug-likeness (QED) is 0.719. The van der Waals surface area contributed by atoms with E-state index in [0.29, 0.717) is 12.5 Å². The van der Waals surface area contributed by atoms with Crippen LogP contribution in [-0.2, 0) is 6.42 Å². The number of nitrogens with zero attached hydrogens (tertiary/aromatic N) is 2. The van der Waals surface area contributed by atoms with Gasteiger partial charge in [0.25, 0.3) is 5.91 Å². The maximum atomic E-state index is 12.9. The van der Waals surface area contributed by atoms with Crippen molar-refractivity contribution in [3.05, 3.63) is 45.4 Å². The molecule has 0 spiro atoms. The predicted molar refractivity (Wildman–Crippen MR) is 114 cm³/mol. The molecule has 1 atom stereocenters. The van der Waals surface area contributed by atoms with Crippen LogP contribution in [0.25, 0.3) is 0 Å². The van der Waals surface area contributed by atoms with Gasteiger partial charge in [-0.25, -0.2) is 4.98 Å². The fourth-order valence-electron chi connectivity index (χ4n) is 3.80. The van der Waals surface area contributed by atoms with E-state index in [1.807, 2.05) is 25.1 Å². The van der Waals surface area contributed by atoms with Crippen molar-refractivity contribution in [2.45, 2.75) is 46.1 Å². The Bertz CT molecular complexity index is 797. The van der Waals surface area contributed by atoms with Gasteiger partial charge in [-0.05, 0) is 44.8 Å². The molecule has 1 N–H and O–H groups in total. The first kappa shape index (κ1) is 20.8. The number of carbonyl (C=O) groups is 1. The molecule has 0 aliphatic carbocycles. The Labute approximate surface area is 172 Å². The summed E-state index contributed by atoms with van der Waals surface area (Å²) >= 11 is 1.52. The van der Waals surface area contributed by atoms with Gasteiger partial charge in [0, 0.05) is 18.5 Å². The molecule has 0 bridgehead atoms. The van der Waals surface area contributed by atoms with E-state index >= 15 is 0 Å². The molecule has 1 aromatic heterocycles. The summed E-state index contributed by atoms with van der Waals surface area (Å²) < 4.78 is 5.59. The largest absolute Gasteiger partial charge is 0.496 e. The number of hydrogen-bond donors (Lipinski definition) is 1. The molecule has 1 aliphatic rings. The van der Waals surface area contributed by atoms with Crippen molar-refractivity contribution in [1.82, 2.24) is 15.2 Å². The van der Waals surface area contributed by atoms with Crippen molar-refractivity contribution < 1.29 is 9.53 Å². The Hall–Kier alpha value is -1.92. The third-order valence-electron chi connectivity index (χ3n) is 5.17. The SMILES string of the molecule is COc1ccccc1C(CNC(=O)c1sc(CC(C)C)nc1C)N1CCCC1. The number of aryl methyl sites for hydroxylation is 1. The van der Waals surface area contributed by atoms with Gasteiger partial charge in [-0.2, -0.15) is 0 Å². The van der Waals surface area contributed by atoms with Crippen molar-refractivity contribution in [2.75, 3.05) is 26.7 Å². The van der Waals surface area contributed by atoms with Crippen LogP contribution >= 0.6 is 11.3 Å². The molecular weight excluding hydrogens is 370 g/mol. The van der Waals surface area contributed by atoms with Gasteiger partial charge in [0.1, 0.15) is 10.6 Å². The lowest BCUT2D eigenvalue weighted by Crippen LogP contribution is -2.37. The van der Waals surface area contributed by atoms with Gasteiger partial charge in [-0.15, -0.1) is 11.3 Å². The summed E-state index contributed by atoms with van der Waals surface area (Å²) in [5, 5.41) is 4.21. The molecule has 1 aliphatic heterocycles. The van der Waals surface area contributed by atoms with Crippen LogP contribution in [0.4, 0.5) is 0 Å². The fraction of sp³-hybridized carbons (Fsp3) is 0.545. The van der Waals surface area contributed by atoms with Gasteiger partial charge < -0.3 is 10.1 Å². The first-order valence-corrected chi connectivity index (χ1v) is 10.9. The Morgan fingerprint density at radius 1 is 1.29 bits per heavy atom.